The van der Waals surface area contributed by atoms with E-state index in [4.69, 9.17) is 0 Å². The molecule has 1 unspecified atom stereocenters. The summed E-state index contributed by atoms with van der Waals surface area (Å²) in [7, 11) is 0. The molecule has 2 aliphatic carbocycles. The Morgan fingerprint density at radius 1 is 1.00 bits per heavy atom. The van der Waals surface area contributed by atoms with Crippen LogP contribution in [0, 0.1) is 5.41 Å². The molecule has 1 aliphatic heterocycles. The summed E-state index contributed by atoms with van der Waals surface area (Å²) < 4.78 is 0. The second kappa shape index (κ2) is 7.46. The van der Waals surface area contributed by atoms with Crippen LogP contribution in [0.1, 0.15) is 84.0 Å². The van der Waals surface area contributed by atoms with Crippen LogP contribution in [0.2, 0.25) is 0 Å². The van der Waals surface area contributed by atoms with Crippen molar-refractivity contribution in [1.29, 1.82) is 0 Å². The Labute approximate surface area is 132 Å². The molecule has 1 heterocycles. The summed E-state index contributed by atoms with van der Waals surface area (Å²) in [5.41, 5.74) is 0.790. The minimum atomic E-state index is 0.782. The quantitative estimate of drug-likeness (QED) is 0.783. The lowest BCUT2D eigenvalue weighted by Crippen LogP contribution is -2.46. The molecule has 3 fully saturated rings. The molecule has 1 atom stereocenters. The molecule has 0 aromatic heterocycles. The van der Waals surface area contributed by atoms with Crippen LogP contribution >= 0.6 is 0 Å². The van der Waals surface area contributed by atoms with Gasteiger partial charge in [-0.15, -0.1) is 0 Å². The average Bonchev–Trinajstić information content (AvgIpc) is 3.17. The van der Waals surface area contributed by atoms with Crippen LogP contribution < -0.4 is 5.32 Å². The van der Waals surface area contributed by atoms with Crippen LogP contribution in [0.5, 0.6) is 0 Å². The maximum absolute atomic E-state index is 3.71. The fraction of sp³-hybridized carbons (Fsp3) is 1.00. The van der Waals surface area contributed by atoms with E-state index in [1.165, 1.54) is 83.8 Å². The van der Waals surface area contributed by atoms with Gasteiger partial charge in [0.15, 0.2) is 0 Å². The SMILES string of the molecule is CCCCN(CC1CCCN1)C1CCC2(CCCC2)CC1. The highest BCUT2D eigenvalue weighted by Crippen LogP contribution is 2.49. The third-order valence-electron chi connectivity index (χ3n) is 6.61. The van der Waals surface area contributed by atoms with Crippen molar-refractivity contribution in [3.05, 3.63) is 0 Å². The molecule has 1 spiro atoms. The molecule has 0 radical (unpaired) electrons. The van der Waals surface area contributed by atoms with Crippen molar-refractivity contribution in [2.75, 3.05) is 19.6 Å². The van der Waals surface area contributed by atoms with Crippen molar-refractivity contribution >= 4 is 0 Å². The molecule has 0 amide bonds. The molecule has 2 heteroatoms. The first kappa shape index (κ1) is 15.8. The van der Waals surface area contributed by atoms with E-state index in [1.807, 2.05) is 0 Å². The van der Waals surface area contributed by atoms with Gasteiger partial charge in [-0.25, -0.2) is 0 Å². The van der Waals surface area contributed by atoms with E-state index < -0.39 is 0 Å². The van der Waals surface area contributed by atoms with Gasteiger partial charge in [0.25, 0.3) is 0 Å². The second-order valence-electron chi connectivity index (χ2n) is 8.08. The molecule has 0 aromatic rings. The smallest absolute Gasteiger partial charge is 0.0195 e. The van der Waals surface area contributed by atoms with E-state index in [0.29, 0.717) is 0 Å². The highest BCUT2D eigenvalue weighted by molar-refractivity contribution is 4.93. The lowest BCUT2D eigenvalue weighted by molar-refractivity contribution is 0.0840. The Morgan fingerprint density at radius 3 is 2.38 bits per heavy atom. The Hall–Kier alpha value is -0.0800. The van der Waals surface area contributed by atoms with Crippen molar-refractivity contribution in [3.63, 3.8) is 0 Å². The van der Waals surface area contributed by atoms with Crippen LogP contribution in [-0.4, -0.2) is 36.6 Å². The van der Waals surface area contributed by atoms with Gasteiger partial charge in [-0.1, -0.05) is 26.2 Å². The summed E-state index contributed by atoms with van der Waals surface area (Å²) >= 11 is 0. The van der Waals surface area contributed by atoms with Crippen LogP contribution in [0.4, 0.5) is 0 Å². The molecule has 1 saturated heterocycles. The predicted molar refractivity (Wildman–Crippen MR) is 90.7 cm³/mol. The van der Waals surface area contributed by atoms with Gasteiger partial charge >= 0.3 is 0 Å². The van der Waals surface area contributed by atoms with E-state index in [0.717, 1.165) is 17.5 Å². The molecule has 3 aliphatic rings. The zero-order chi connectivity index (χ0) is 14.5. The number of rotatable bonds is 6. The summed E-state index contributed by atoms with van der Waals surface area (Å²) in [5, 5.41) is 3.71. The molecular weight excluding hydrogens is 256 g/mol. The lowest BCUT2D eigenvalue weighted by Gasteiger charge is -2.42. The second-order valence-corrected chi connectivity index (χ2v) is 8.08. The third-order valence-corrected chi connectivity index (χ3v) is 6.61. The van der Waals surface area contributed by atoms with Gasteiger partial charge in [-0.2, -0.15) is 0 Å². The number of hydrogen-bond acceptors (Lipinski definition) is 2. The summed E-state index contributed by atoms with van der Waals surface area (Å²) in [6, 6.07) is 1.68. The zero-order valence-corrected chi connectivity index (χ0v) is 14.2. The number of nitrogens with one attached hydrogen (secondary N) is 1. The first-order valence-corrected chi connectivity index (χ1v) is 9.79. The topological polar surface area (TPSA) is 15.3 Å². The monoisotopic (exact) mass is 292 g/mol. The Morgan fingerprint density at radius 2 is 1.76 bits per heavy atom. The standard InChI is InChI=1S/C19H36N2/c1-2-3-15-21(16-17-7-6-14-20-17)18-8-12-19(13-9-18)10-4-5-11-19/h17-18,20H,2-16H2,1H3. The van der Waals surface area contributed by atoms with Gasteiger partial charge in [-0.3, -0.25) is 4.90 Å². The van der Waals surface area contributed by atoms with Crippen molar-refractivity contribution in [1.82, 2.24) is 10.2 Å². The highest BCUT2D eigenvalue weighted by atomic mass is 15.2. The van der Waals surface area contributed by atoms with Gasteiger partial charge < -0.3 is 5.32 Å². The van der Waals surface area contributed by atoms with E-state index in [2.05, 4.69) is 17.1 Å². The summed E-state index contributed by atoms with van der Waals surface area (Å²) in [5.74, 6) is 0. The zero-order valence-electron chi connectivity index (χ0n) is 14.2. The molecule has 1 N–H and O–H groups in total. The van der Waals surface area contributed by atoms with Crippen molar-refractivity contribution in [2.24, 2.45) is 5.41 Å². The van der Waals surface area contributed by atoms with E-state index in [-0.39, 0.29) is 0 Å². The molecule has 0 aromatic carbocycles. The van der Waals surface area contributed by atoms with Gasteiger partial charge in [0.1, 0.15) is 0 Å². The van der Waals surface area contributed by atoms with Crippen LogP contribution in [-0.2, 0) is 0 Å². The minimum absolute atomic E-state index is 0.782. The normalized spacial score (nSPS) is 29.7. The Bertz CT molecular complexity index is 293. The number of unbranched alkanes of at least 4 members (excludes halogenated alkanes) is 1. The van der Waals surface area contributed by atoms with Gasteiger partial charge in [-0.05, 0) is 76.3 Å². The number of hydrogen-bond donors (Lipinski definition) is 1. The summed E-state index contributed by atoms with van der Waals surface area (Å²) in [6.45, 7) is 6.24. The largest absolute Gasteiger partial charge is 0.313 e. The van der Waals surface area contributed by atoms with E-state index >= 15 is 0 Å². The van der Waals surface area contributed by atoms with Gasteiger partial charge in [0.2, 0.25) is 0 Å². The lowest BCUT2D eigenvalue weighted by atomic mass is 9.71. The maximum atomic E-state index is 3.71. The maximum Gasteiger partial charge on any atom is 0.0195 e. The Kier molecular flexibility index (Phi) is 5.61. The fourth-order valence-corrected chi connectivity index (χ4v) is 5.18. The fourth-order valence-electron chi connectivity index (χ4n) is 5.18. The molecule has 122 valence electrons. The first-order chi connectivity index (χ1) is 10.3. The van der Waals surface area contributed by atoms with Crippen molar-refractivity contribution in [2.45, 2.75) is 96.1 Å². The van der Waals surface area contributed by atoms with Crippen LogP contribution in [0.25, 0.3) is 0 Å². The predicted octanol–water partition coefficient (Wildman–Crippen LogP) is 4.34. The van der Waals surface area contributed by atoms with Gasteiger partial charge in [0, 0.05) is 18.6 Å². The number of nitrogens with zero attached hydrogens (tertiary/aromatic N) is 1. The van der Waals surface area contributed by atoms with Crippen molar-refractivity contribution in [3.8, 4) is 0 Å². The molecule has 21 heavy (non-hydrogen) atoms. The molecule has 2 nitrogen and oxygen atoms in total. The molecular formula is C19H36N2. The molecule has 0 bridgehead atoms. The van der Waals surface area contributed by atoms with Crippen LogP contribution in [0.3, 0.4) is 0 Å². The first-order valence-electron chi connectivity index (χ1n) is 9.79. The highest BCUT2D eigenvalue weighted by Gasteiger charge is 2.39. The average molecular weight is 293 g/mol. The minimum Gasteiger partial charge on any atom is -0.313 e. The van der Waals surface area contributed by atoms with E-state index in [9.17, 15) is 0 Å². The van der Waals surface area contributed by atoms with Crippen molar-refractivity contribution < 1.29 is 0 Å². The molecule has 2 saturated carbocycles. The molecule has 3 rings (SSSR count). The third kappa shape index (κ3) is 4.01. The van der Waals surface area contributed by atoms with Crippen LogP contribution in [0.15, 0.2) is 0 Å². The summed E-state index contributed by atoms with van der Waals surface area (Å²) in [4.78, 5) is 2.87. The summed E-state index contributed by atoms with van der Waals surface area (Å²) in [6.07, 6.45) is 17.6. The van der Waals surface area contributed by atoms with E-state index in [1.54, 1.807) is 12.8 Å². The Balaban J connectivity index is 1.52. The van der Waals surface area contributed by atoms with Gasteiger partial charge in [0.05, 0.1) is 0 Å².